The van der Waals surface area contributed by atoms with Crippen molar-refractivity contribution in [1.29, 1.82) is 0 Å². The molecule has 2 heterocycles. The van der Waals surface area contributed by atoms with Gasteiger partial charge >= 0.3 is 0 Å². The van der Waals surface area contributed by atoms with Crippen molar-refractivity contribution in [2.75, 3.05) is 11.9 Å². The summed E-state index contributed by atoms with van der Waals surface area (Å²) in [6.07, 6.45) is 4.25. The van der Waals surface area contributed by atoms with Crippen LogP contribution in [0.4, 0.5) is 11.6 Å². The minimum absolute atomic E-state index is 0.143. The van der Waals surface area contributed by atoms with Crippen LogP contribution in [0.25, 0.3) is 11.0 Å². The second-order valence-corrected chi connectivity index (χ2v) is 7.60. The fourth-order valence-electron chi connectivity index (χ4n) is 3.15. The number of pyridine rings is 1. The van der Waals surface area contributed by atoms with Crippen LogP contribution in [0.3, 0.4) is 0 Å². The van der Waals surface area contributed by atoms with Gasteiger partial charge in [0.2, 0.25) is 5.95 Å². The second-order valence-electron chi connectivity index (χ2n) is 6.79. The molecule has 1 amide bonds. The number of hydrogen-bond acceptors (Lipinski definition) is 4. The molecule has 0 atom stereocenters. The van der Waals surface area contributed by atoms with Gasteiger partial charge in [0, 0.05) is 31.5 Å². The molecule has 0 fully saturated rings. The zero-order valence-corrected chi connectivity index (χ0v) is 17.7. The molecule has 6 nitrogen and oxygen atoms in total. The molecule has 2 N–H and O–H groups in total. The van der Waals surface area contributed by atoms with Gasteiger partial charge in [0.15, 0.2) is 0 Å². The Labute approximate surface area is 183 Å². The maximum atomic E-state index is 12.5. The summed E-state index contributed by atoms with van der Waals surface area (Å²) >= 11 is 12.5. The molecule has 0 aliphatic rings. The molecular weight excluding hydrogens is 421 g/mol. The number of para-hydroxylation sites is 1. The lowest BCUT2D eigenvalue weighted by molar-refractivity contribution is 0.0954. The fraction of sp³-hybridized carbons (Fsp3) is 0.136. The molecule has 0 saturated carbocycles. The van der Waals surface area contributed by atoms with Gasteiger partial charge in [0.1, 0.15) is 0 Å². The van der Waals surface area contributed by atoms with Gasteiger partial charge in [-0.2, -0.15) is 0 Å². The number of amides is 1. The summed E-state index contributed by atoms with van der Waals surface area (Å²) in [5, 5.41) is 7.12. The normalized spacial score (nSPS) is 10.9. The van der Waals surface area contributed by atoms with Crippen molar-refractivity contribution in [3.8, 4) is 0 Å². The lowest BCUT2D eigenvalue weighted by Crippen LogP contribution is -2.25. The first-order valence-corrected chi connectivity index (χ1v) is 10.1. The van der Waals surface area contributed by atoms with Crippen molar-refractivity contribution < 1.29 is 4.79 Å². The summed E-state index contributed by atoms with van der Waals surface area (Å²) in [6.45, 7) is 0.530. The van der Waals surface area contributed by atoms with Gasteiger partial charge in [0.05, 0.1) is 26.8 Å². The smallest absolute Gasteiger partial charge is 0.251 e. The number of aryl methyl sites for hydroxylation is 1. The molecule has 0 radical (unpaired) electrons. The zero-order valence-electron chi connectivity index (χ0n) is 16.2. The Balaban J connectivity index is 1.51. The number of aromatic nitrogens is 3. The third kappa shape index (κ3) is 4.25. The number of rotatable bonds is 6. The van der Waals surface area contributed by atoms with E-state index in [4.69, 9.17) is 23.2 Å². The number of nitrogens with one attached hydrogen (secondary N) is 2. The molecule has 2 aromatic heterocycles. The molecule has 0 saturated heterocycles. The van der Waals surface area contributed by atoms with E-state index in [0.717, 1.165) is 17.5 Å². The van der Waals surface area contributed by atoms with E-state index >= 15 is 0 Å². The van der Waals surface area contributed by atoms with E-state index in [1.807, 2.05) is 29.8 Å². The standard InChI is InChI=1S/C22H19Cl2N5O/c1-29-19-8-7-15(21(30)26-11-9-14-4-3-10-25-13-14)12-18(19)27-22(29)28-20-16(23)5-2-6-17(20)24/h2-8,10,12-13H,9,11H2,1H3,(H,26,30)(H,27,28). The Morgan fingerprint density at radius 2 is 1.90 bits per heavy atom. The third-order valence-electron chi connectivity index (χ3n) is 4.76. The van der Waals surface area contributed by atoms with Crippen molar-refractivity contribution in [2.24, 2.45) is 7.05 Å². The highest BCUT2D eigenvalue weighted by Gasteiger charge is 2.14. The quantitative estimate of drug-likeness (QED) is 0.443. The van der Waals surface area contributed by atoms with E-state index in [0.29, 0.717) is 39.3 Å². The largest absolute Gasteiger partial charge is 0.352 e. The number of hydrogen-bond donors (Lipinski definition) is 2. The number of imidazole rings is 1. The van der Waals surface area contributed by atoms with Crippen LogP contribution in [-0.4, -0.2) is 27.0 Å². The van der Waals surface area contributed by atoms with Crippen LogP contribution in [0.5, 0.6) is 0 Å². The maximum Gasteiger partial charge on any atom is 0.251 e. The molecular formula is C22H19Cl2N5O. The number of carbonyl (C=O) groups is 1. The monoisotopic (exact) mass is 439 g/mol. The Morgan fingerprint density at radius 1 is 1.10 bits per heavy atom. The minimum atomic E-state index is -0.143. The topological polar surface area (TPSA) is 71.8 Å². The van der Waals surface area contributed by atoms with Gasteiger partial charge in [-0.15, -0.1) is 0 Å². The van der Waals surface area contributed by atoms with Crippen LogP contribution in [-0.2, 0) is 13.5 Å². The number of carbonyl (C=O) groups excluding carboxylic acids is 1. The first kappa shape index (κ1) is 20.2. The van der Waals surface area contributed by atoms with Crippen LogP contribution < -0.4 is 10.6 Å². The van der Waals surface area contributed by atoms with E-state index in [1.54, 1.807) is 42.7 Å². The highest BCUT2D eigenvalue weighted by molar-refractivity contribution is 6.39. The maximum absolute atomic E-state index is 12.5. The van der Waals surface area contributed by atoms with Crippen molar-refractivity contribution >= 4 is 51.8 Å². The third-order valence-corrected chi connectivity index (χ3v) is 5.39. The van der Waals surface area contributed by atoms with Crippen molar-refractivity contribution in [1.82, 2.24) is 19.9 Å². The Morgan fingerprint density at radius 3 is 2.63 bits per heavy atom. The molecule has 0 aliphatic heterocycles. The number of halogens is 2. The summed E-state index contributed by atoms with van der Waals surface area (Å²) in [4.78, 5) is 21.2. The number of anilines is 2. The Kier molecular flexibility index (Phi) is 5.88. The van der Waals surface area contributed by atoms with Gasteiger partial charge < -0.3 is 15.2 Å². The molecule has 4 aromatic rings. The summed E-state index contributed by atoms with van der Waals surface area (Å²) in [7, 11) is 1.88. The number of fused-ring (bicyclic) bond motifs is 1. The Bertz CT molecular complexity index is 1190. The minimum Gasteiger partial charge on any atom is -0.352 e. The SMILES string of the molecule is Cn1c(Nc2c(Cl)cccc2Cl)nc2cc(C(=O)NCCc3cccnc3)ccc21. The molecule has 30 heavy (non-hydrogen) atoms. The first-order valence-electron chi connectivity index (χ1n) is 9.37. The van der Waals surface area contributed by atoms with Gasteiger partial charge in [-0.25, -0.2) is 4.98 Å². The summed E-state index contributed by atoms with van der Waals surface area (Å²) in [5.74, 6) is 0.434. The van der Waals surface area contributed by atoms with Crippen molar-refractivity contribution in [3.05, 3.63) is 82.1 Å². The lowest BCUT2D eigenvalue weighted by Gasteiger charge is -2.09. The predicted molar refractivity (Wildman–Crippen MR) is 121 cm³/mol. The van der Waals surface area contributed by atoms with Gasteiger partial charge in [-0.3, -0.25) is 9.78 Å². The second kappa shape index (κ2) is 8.73. The summed E-state index contributed by atoms with van der Waals surface area (Å²) in [5.41, 5.74) is 3.80. The molecule has 0 aliphatic carbocycles. The van der Waals surface area contributed by atoms with Crippen LogP contribution in [0.1, 0.15) is 15.9 Å². The molecule has 0 unspecified atom stereocenters. The average Bonchev–Trinajstić information content (AvgIpc) is 3.06. The van der Waals surface area contributed by atoms with Crippen LogP contribution in [0, 0.1) is 0 Å². The molecule has 152 valence electrons. The van der Waals surface area contributed by atoms with Crippen LogP contribution in [0.2, 0.25) is 10.0 Å². The van der Waals surface area contributed by atoms with Crippen LogP contribution in [0.15, 0.2) is 60.9 Å². The predicted octanol–water partition coefficient (Wildman–Crippen LogP) is 4.99. The fourth-order valence-corrected chi connectivity index (χ4v) is 3.64. The molecule has 4 rings (SSSR count). The van der Waals surface area contributed by atoms with Crippen molar-refractivity contribution in [3.63, 3.8) is 0 Å². The molecule has 0 spiro atoms. The van der Waals surface area contributed by atoms with Crippen LogP contribution >= 0.6 is 23.2 Å². The summed E-state index contributed by atoms with van der Waals surface area (Å²) < 4.78 is 1.89. The Hall–Kier alpha value is -3.09. The van der Waals surface area contributed by atoms with Gasteiger partial charge in [-0.05, 0) is 48.4 Å². The van der Waals surface area contributed by atoms with Gasteiger partial charge in [0.25, 0.3) is 5.91 Å². The van der Waals surface area contributed by atoms with Crippen molar-refractivity contribution in [2.45, 2.75) is 6.42 Å². The van der Waals surface area contributed by atoms with E-state index in [2.05, 4.69) is 20.6 Å². The van der Waals surface area contributed by atoms with E-state index in [-0.39, 0.29) is 5.91 Å². The van der Waals surface area contributed by atoms with E-state index in [9.17, 15) is 4.79 Å². The van der Waals surface area contributed by atoms with E-state index in [1.165, 1.54) is 0 Å². The molecule has 2 aromatic carbocycles. The highest BCUT2D eigenvalue weighted by Crippen LogP contribution is 2.33. The number of nitrogens with zero attached hydrogens (tertiary/aromatic N) is 3. The molecule has 8 heteroatoms. The molecule has 0 bridgehead atoms. The van der Waals surface area contributed by atoms with Gasteiger partial charge in [-0.1, -0.05) is 35.3 Å². The average molecular weight is 440 g/mol. The summed E-state index contributed by atoms with van der Waals surface area (Å²) in [6, 6.07) is 14.6. The zero-order chi connectivity index (χ0) is 21.1. The highest BCUT2D eigenvalue weighted by atomic mass is 35.5. The lowest BCUT2D eigenvalue weighted by atomic mass is 10.1. The number of benzene rings is 2. The first-order chi connectivity index (χ1) is 14.5. The van der Waals surface area contributed by atoms with E-state index < -0.39 is 0 Å².